The number of rotatable bonds is 3. The summed E-state index contributed by atoms with van der Waals surface area (Å²) in [6.45, 7) is 2.07. The summed E-state index contributed by atoms with van der Waals surface area (Å²) in [5.74, 6) is 0. The van der Waals surface area contributed by atoms with Gasteiger partial charge in [0.15, 0.2) is 0 Å². The molecule has 112 valence electrons. The van der Waals surface area contributed by atoms with E-state index in [0.29, 0.717) is 38.4 Å². The molecule has 3 nitrogen and oxygen atoms in total. The fourth-order valence-electron chi connectivity index (χ4n) is 2.38. The van der Waals surface area contributed by atoms with Crippen LogP contribution in [0.25, 0.3) is 0 Å². The first-order valence-electron chi connectivity index (χ1n) is 6.38. The topological polar surface area (TPSA) is 32.5 Å². The zero-order valence-corrected chi connectivity index (χ0v) is 12.5. The van der Waals surface area contributed by atoms with Crippen molar-refractivity contribution in [3.05, 3.63) is 28.2 Å². The third kappa shape index (κ3) is 4.96. The van der Waals surface area contributed by atoms with Gasteiger partial charge in [-0.25, -0.2) is 0 Å². The van der Waals surface area contributed by atoms with Gasteiger partial charge < -0.3 is 5.73 Å². The van der Waals surface area contributed by atoms with Crippen LogP contribution >= 0.6 is 15.9 Å². The molecule has 0 atom stereocenters. The van der Waals surface area contributed by atoms with Crippen LogP contribution in [0.3, 0.4) is 0 Å². The lowest BCUT2D eigenvalue weighted by Gasteiger charge is -2.35. The van der Waals surface area contributed by atoms with Gasteiger partial charge >= 0.3 is 6.18 Å². The molecule has 0 radical (unpaired) electrons. The Balaban J connectivity index is 1.85. The monoisotopic (exact) mass is 351 g/mol. The van der Waals surface area contributed by atoms with Gasteiger partial charge in [-0.05, 0) is 23.8 Å². The molecule has 1 fully saturated rings. The Hall–Kier alpha value is -0.790. The lowest BCUT2D eigenvalue weighted by molar-refractivity contribution is -0.149. The minimum Gasteiger partial charge on any atom is -0.399 e. The van der Waals surface area contributed by atoms with Crippen molar-refractivity contribution in [1.82, 2.24) is 9.80 Å². The molecule has 2 N–H and O–H groups in total. The minimum absolute atomic E-state index is 0.447. The average Bonchev–Trinajstić information content (AvgIpc) is 2.28. The first-order valence-corrected chi connectivity index (χ1v) is 7.17. The molecule has 0 spiro atoms. The van der Waals surface area contributed by atoms with Crippen LogP contribution < -0.4 is 5.73 Å². The highest BCUT2D eigenvalue weighted by Crippen LogP contribution is 2.20. The molecule has 20 heavy (non-hydrogen) atoms. The second kappa shape index (κ2) is 6.32. The first-order chi connectivity index (χ1) is 9.32. The lowest BCUT2D eigenvalue weighted by atomic mass is 10.2. The molecule has 0 aliphatic carbocycles. The van der Waals surface area contributed by atoms with Gasteiger partial charge in [-0.3, -0.25) is 9.80 Å². The average molecular weight is 352 g/mol. The van der Waals surface area contributed by atoms with Crippen molar-refractivity contribution < 1.29 is 13.2 Å². The zero-order valence-electron chi connectivity index (χ0n) is 11.0. The number of halogens is 4. The normalized spacial score (nSPS) is 18.4. The summed E-state index contributed by atoms with van der Waals surface area (Å²) in [5.41, 5.74) is 7.53. The van der Waals surface area contributed by atoms with Gasteiger partial charge in [0.25, 0.3) is 0 Å². The van der Waals surface area contributed by atoms with Gasteiger partial charge in [0.2, 0.25) is 0 Å². The van der Waals surface area contributed by atoms with Gasteiger partial charge in [0, 0.05) is 42.9 Å². The Morgan fingerprint density at radius 3 is 2.20 bits per heavy atom. The van der Waals surface area contributed by atoms with Crippen LogP contribution in [0.4, 0.5) is 18.9 Å². The van der Waals surface area contributed by atoms with E-state index in [1.807, 2.05) is 18.2 Å². The van der Waals surface area contributed by atoms with E-state index in [2.05, 4.69) is 20.8 Å². The van der Waals surface area contributed by atoms with Crippen LogP contribution in [0.15, 0.2) is 22.7 Å². The van der Waals surface area contributed by atoms with Crippen LogP contribution in [0.2, 0.25) is 0 Å². The van der Waals surface area contributed by atoms with Crippen LogP contribution in [0.5, 0.6) is 0 Å². The number of hydrogen-bond acceptors (Lipinski definition) is 3. The van der Waals surface area contributed by atoms with E-state index in [1.54, 1.807) is 0 Å². The Morgan fingerprint density at radius 1 is 1.05 bits per heavy atom. The Kier molecular flexibility index (Phi) is 4.93. The second-order valence-electron chi connectivity index (χ2n) is 5.06. The van der Waals surface area contributed by atoms with Gasteiger partial charge in [-0.15, -0.1) is 0 Å². The minimum atomic E-state index is -4.11. The summed E-state index contributed by atoms with van der Waals surface area (Å²) in [6.07, 6.45) is -4.11. The Bertz CT molecular complexity index is 436. The lowest BCUT2D eigenvalue weighted by Crippen LogP contribution is -2.48. The Morgan fingerprint density at radius 2 is 1.65 bits per heavy atom. The van der Waals surface area contributed by atoms with E-state index < -0.39 is 12.7 Å². The van der Waals surface area contributed by atoms with Crippen LogP contribution in [-0.2, 0) is 6.54 Å². The molecule has 2 rings (SSSR count). The highest BCUT2D eigenvalue weighted by molar-refractivity contribution is 9.10. The fourth-order valence-corrected chi connectivity index (χ4v) is 2.94. The SMILES string of the molecule is Nc1cc(Br)cc(CN2CCN(CC(F)(F)F)CC2)c1. The summed E-state index contributed by atoms with van der Waals surface area (Å²) in [6, 6.07) is 5.70. The number of anilines is 1. The number of nitrogen functional groups attached to an aromatic ring is 1. The number of piperazine rings is 1. The quantitative estimate of drug-likeness (QED) is 0.850. The number of nitrogens with zero attached hydrogens (tertiary/aromatic N) is 2. The smallest absolute Gasteiger partial charge is 0.399 e. The van der Waals surface area contributed by atoms with Crippen molar-refractivity contribution in [2.24, 2.45) is 0 Å². The highest BCUT2D eigenvalue weighted by Gasteiger charge is 2.32. The maximum Gasteiger partial charge on any atom is 0.401 e. The predicted octanol–water partition coefficient (Wildman–Crippen LogP) is 2.71. The number of hydrogen-bond donors (Lipinski definition) is 1. The molecule has 7 heteroatoms. The van der Waals surface area contributed by atoms with Crippen molar-refractivity contribution in [2.75, 3.05) is 38.5 Å². The molecule has 1 heterocycles. The molecule has 1 aliphatic rings. The number of nitrogens with two attached hydrogens (primary N) is 1. The molecule has 0 amide bonds. The van der Waals surface area contributed by atoms with E-state index in [4.69, 9.17) is 5.73 Å². The number of benzene rings is 1. The van der Waals surface area contributed by atoms with Crippen molar-refractivity contribution >= 4 is 21.6 Å². The van der Waals surface area contributed by atoms with E-state index in [1.165, 1.54) is 4.90 Å². The zero-order chi connectivity index (χ0) is 14.8. The van der Waals surface area contributed by atoms with Gasteiger partial charge in [0.05, 0.1) is 6.54 Å². The molecule has 0 saturated carbocycles. The van der Waals surface area contributed by atoms with Gasteiger partial charge in [0.1, 0.15) is 0 Å². The maximum atomic E-state index is 12.3. The van der Waals surface area contributed by atoms with E-state index in [9.17, 15) is 13.2 Å². The molecule has 0 bridgehead atoms. The molecule has 1 aromatic carbocycles. The third-order valence-corrected chi connectivity index (χ3v) is 3.71. The first kappa shape index (κ1) is 15.6. The number of alkyl halides is 3. The molecule has 1 aliphatic heterocycles. The van der Waals surface area contributed by atoms with Crippen molar-refractivity contribution in [1.29, 1.82) is 0 Å². The van der Waals surface area contributed by atoms with Crippen molar-refractivity contribution in [3.8, 4) is 0 Å². The molecule has 1 saturated heterocycles. The summed E-state index contributed by atoms with van der Waals surface area (Å²) in [5, 5.41) is 0. The summed E-state index contributed by atoms with van der Waals surface area (Å²) in [7, 11) is 0. The molecule has 0 unspecified atom stereocenters. The fraction of sp³-hybridized carbons (Fsp3) is 0.538. The van der Waals surface area contributed by atoms with Crippen molar-refractivity contribution in [3.63, 3.8) is 0 Å². The third-order valence-electron chi connectivity index (χ3n) is 3.25. The van der Waals surface area contributed by atoms with Crippen LogP contribution in [0.1, 0.15) is 5.56 Å². The van der Waals surface area contributed by atoms with Crippen LogP contribution in [0, 0.1) is 0 Å². The molecular formula is C13H17BrF3N3. The van der Waals surface area contributed by atoms with Crippen molar-refractivity contribution in [2.45, 2.75) is 12.7 Å². The molecule has 0 aromatic heterocycles. The summed E-state index contributed by atoms with van der Waals surface area (Å²) >= 11 is 3.39. The maximum absolute atomic E-state index is 12.3. The summed E-state index contributed by atoms with van der Waals surface area (Å²) < 4.78 is 37.8. The van der Waals surface area contributed by atoms with Crippen LogP contribution in [-0.4, -0.2) is 48.7 Å². The predicted molar refractivity (Wildman–Crippen MR) is 76.3 cm³/mol. The molecular weight excluding hydrogens is 335 g/mol. The standard InChI is InChI=1S/C13H17BrF3N3/c14-11-5-10(6-12(18)7-11)8-19-1-3-20(4-2-19)9-13(15,16)17/h5-7H,1-4,8-9,18H2. The van der Waals surface area contributed by atoms with E-state index in [-0.39, 0.29) is 0 Å². The Labute approximate surface area is 124 Å². The summed E-state index contributed by atoms with van der Waals surface area (Å²) in [4.78, 5) is 3.60. The van der Waals surface area contributed by atoms with Gasteiger partial charge in [-0.2, -0.15) is 13.2 Å². The van der Waals surface area contributed by atoms with E-state index >= 15 is 0 Å². The molecule has 1 aromatic rings. The van der Waals surface area contributed by atoms with E-state index in [0.717, 1.165) is 10.0 Å². The second-order valence-corrected chi connectivity index (χ2v) is 5.98. The van der Waals surface area contributed by atoms with Gasteiger partial charge in [-0.1, -0.05) is 15.9 Å². The largest absolute Gasteiger partial charge is 0.401 e. The highest BCUT2D eigenvalue weighted by atomic mass is 79.9.